The van der Waals surface area contributed by atoms with Crippen molar-refractivity contribution < 1.29 is 18.8 Å². The Kier molecular flexibility index (Phi) is 5.70. The molecule has 0 bridgehead atoms. The number of likely N-dealkylation sites (tertiary alicyclic amines) is 1. The quantitative estimate of drug-likeness (QED) is 0.701. The third kappa shape index (κ3) is 3.99. The SMILES string of the molecule is Cn1cc(CN2CCC(c3cc(F)cc4c3CN(C3CCC(=O)NC3=O)C4=O)CC2)cc1C#N. The molecule has 34 heavy (non-hydrogen) atoms. The van der Waals surface area contributed by atoms with Crippen LogP contribution in [0.15, 0.2) is 24.4 Å². The molecular weight excluding hydrogens is 437 g/mol. The summed E-state index contributed by atoms with van der Waals surface area (Å²) in [7, 11) is 1.86. The lowest BCUT2D eigenvalue weighted by Crippen LogP contribution is -2.52. The first-order valence-electron chi connectivity index (χ1n) is 11.6. The highest BCUT2D eigenvalue weighted by atomic mass is 19.1. The molecule has 0 spiro atoms. The van der Waals surface area contributed by atoms with E-state index >= 15 is 0 Å². The summed E-state index contributed by atoms with van der Waals surface area (Å²) >= 11 is 0. The zero-order valence-corrected chi connectivity index (χ0v) is 19.0. The molecule has 1 N–H and O–H groups in total. The first-order chi connectivity index (χ1) is 16.3. The van der Waals surface area contributed by atoms with Crippen molar-refractivity contribution in [2.24, 2.45) is 7.05 Å². The highest BCUT2D eigenvalue weighted by molar-refractivity contribution is 6.05. The maximum Gasteiger partial charge on any atom is 0.255 e. The normalized spacial score (nSPS) is 21.5. The van der Waals surface area contributed by atoms with Gasteiger partial charge in [0.05, 0.1) is 0 Å². The van der Waals surface area contributed by atoms with Gasteiger partial charge in [0.1, 0.15) is 23.6 Å². The van der Waals surface area contributed by atoms with Gasteiger partial charge < -0.3 is 9.47 Å². The van der Waals surface area contributed by atoms with Gasteiger partial charge in [0, 0.05) is 38.3 Å². The number of carbonyl (C=O) groups is 3. The van der Waals surface area contributed by atoms with E-state index in [4.69, 9.17) is 5.26 Å². The minimum Gasteiger partial charge on any atom is -0.342 e. The second-order valence-electron chi connectivity index (χ2n) is 9.43. The molecule has 5 rings (SSSR count). The van der Waals surface area contributed by atoms with Crippen LogP contribution in [0, 0.1) is 17.1 Å². The van der Waals surface area contributed by atoms with Gasteiger partial charge in [0.25, 0.3) is 5.91 Å². The Labute approximate surface area is 196 Å². The minimum absolute atomic E-state index is 0.126. The monoisotopic (exact) mass is 463 g/mol. The number of carbonyl (C=O) groups excluding carboxylic acids is 3. The molecule has 0 aliphatic carbocycles. The molecule has 0 radical (unpaired) electrons. The summed E-state index contributed by atoms with van der Waals surface area (Å²) in [6.07, 6.45) is 4.11. The van der Waals surface area contributed by atoms with Crippen molar-refractivity contribution in [2.45, 2.75) is 50.7 Å². The molecule has 2 fully saturated rings. The Morgan fingerprint density at radius 3 is 2.59 bits per heavy atom. The summed E-state index contributed by atoms with van der Waals surface area (Å²) in [6, 6.07) is 6.18. The molecule has 3 aliphatic rings. The predicted molar refractivity (Wildman–Crippen MR) is 120 cm³/mol. The van der Waals surface area contributed by atoms with E-state index in [0.29, 0.717) is 11.3 Å². The summed E-state index contributed by atoms with van der Waals surface area (Å²) in [6.45, 7) is 2.68. The van der Waals surface area contributed by atoms with Gasteiger partial charge in [-0.15, -0.1) is 0 Å². The van der Waals surface area contributed by atoms with Crippen LogP contribution in [0.4, 0.5) is 4.39 Å². The first kappa shape index (κ1) is 22.3. The summed E-state index contributed by atoms with van der Waals surface area (Å²) in [4.78, 5) is 40.7. The smallest absolute Gasteiger partial charge is 0.255 e. The van der Waals surface area contributed by atoms with E-state index in [9.17, 15) is 18.8 Å². The summed E-state index contributed by atoms with van der Waals surface area (Å²) in [5, 5.41) is 11.5. The van der Waals surface area contributed by atoms with E-state index in [2.05, 4.69) is 16.3 Å². The van der Waals surface area contributed by atoms with Gasteiger partial charge in [0.2, 0.25) is 11.8 Å². The van der Waals surface area contributed by atoms with E-state index in [1.54, 1.807) is 0 Å². The molecule has 3 amide bonds. The van der Waals surface area contributed by atoms with Gasteiger partial charge >= 0.3 is 0 Å². The van der Waals surface area contributed by atoms with E-state index < -0.39 is 17.8 Å². The van der Waals surface area contributed by atoms with Crippen molar-refractivity contribution in [2.75, 3.05) is 13.1 Å². The summed E-state index contributed by atoms with van der Waals surface area (Å²) < 4.78 is 16.4. The van der Waals surface area contributed by atoms with Crippen LogP contribution in [0.2, 0.25) is 0 Å². The average Bonchev–Trinajstić information content (AvgIpc) is 3.33. The molecule has 2 saturated heterocycles. The Balaban J connectivity index is 1.30. The fourth-order valence-corrected chi connectivity index (χ4v) is 5.51. The predicted octanol–water partition coefficient (Wildman–Crippen LogP) is 2.18. The molecule has 1 unspecified atom stereocenters. The molecule has 2 aromatic rings. The fraction of sp³-hybridized carbons (Fsp3) is 0.440. The molecule has 176 valence electrons. The largest absolute Gasteiger partial charge is 0.342 e. The molecular formula is C25H26FN5O3. The molecule has 4 heterocycles. The number of fused-ring (bicyclic) bond motifs is 1. The number of imide groups is 1. The van der Waals surface area contributed by atoms with E-state index in [1.165, 1.54) is 17.0 Å². The number of halogens is 1. The van der Waals surface area contributed by atoms with Gasteiger partial charge in [-0.2, -0.15) is 5.26 Å². The highest BCUT2D eigenvalue weighted by Gasteiger charge is 2.41. The lowest BCUT2D eigenvalue weighted by molar-refractivity contribution is -0.136. The molecule has 0 saturated carbocycles. The number of benzene rings is 1. The number of hydrogen-bond donors (Lipinski definition) is 1. The molecule has 9 heteroatoms. The zero-order chi connectivity index (χ0) is 24.0. The number of aryl methyl sites for hydroxylation is 1. The van der Waals surface area contributed by atoms with Gasteiger partial charge in [-0.05, 0) is 73.2 Å². The van der Waals surface area contributed by atoms with Crippen LogP contribution in [0.1, 0.15) is 64.3 Å². The van der Waals surface area contributed by atoms with Crippen LogP contribution in [-0.2, 0) is 29.7 Å². The number of amides is 3. The summed E-state index contributed by atoms with van der Waals surface area (Å²) in [5.41, 5.74) is 3.70. The van der Waals surface area contributed by atoms with Crippen LogP contribution < -0.4 is 5.32 Å². The lowest BCUT2D eigenvalue weighted by atomic mass is 9.85. The molecule has 1 aromatic heterocycles. The number of hydrogen-bond acceptors (Lipinski definition) is 5. The van der Waals surface area contributed by atoms with Crippen molar-refractivity contribution in [1.29, 1.82) is 5.26 Å². The minimum atomic E-state index is -0.709. The molecule has 1 aromatic carbocycles. The Morgan fingerprint density at radius 2 is 1.91 bits per heavy atom. The maximum atomic E-state index is 14.6. The van der Waals surface area contributed by atoms with Gasteiger partial charge in [0.15, 0.2) is 0 Å². The van der Waals surface area contributed by atoms with Gasteiger partial charge in [-0.1, -0.05) is 0 Å². The number of nitrogens with one attached hydrogen (secondary N) is 1. The second-order valence-corrected chi connectivity index (χ2v) is 9.43. The Morgan fingerprint density at radius 1 is 1.15 bits per heavy atom. The van der Waals surface area contributed by atoms with Gasteiger partial charge in [-0.25, -0.2) is 4.39 Å². The Bertz CT molecular complexity index is 1220. The van der Waals surface area contributed by atoms with Crippen molar-refractivity contribution in [1.82, 2.24) is 19.7 Å². The average molecular weight is 464 g/mol. The number of piperidine rings is 2. The van der Waals surface area contributed by atoms with Crippen LogP contribution in [-0.4, -0.2) is 51.2 Å². The number of nitrogens with zero attached hydrogens (tertiary/aromatic N) is 4. The standard InChI is InChI=1S/C25H26FN5O3/c1-29-12-15(8-18(29)11-27)13-30-6-4-16(5-7-30)19-9-17(26)10-20-21(19)14-31(25(20)34)22-2-3-23(32)28-24(22)33/h8-10,12,16,22H,2-7,13-14H2,1H3,(H,28,32,33). The van der Waals surface area contributed by atoms with Crippen molar-refractivity contribution >= 4 is 17.7 Å². The summed E-state index contributed by atoms with van der Waals surface area (Å²) in [5.74, 6) is -1.46. The topological polar surface area (TPSA) is 98.4 Å². The van der Waals surface area contributed by atoms with Crippen molar-refractivity contribution in [3.63, 3.8) is 0 Å². The molecule has 8 nitrogen and oxygen atoms in total. The first-order valence-corrected chi connectivity index (χ1v) is 11.6. The van der Waals surface area contributed by atoms with E-state index in [0.717, 1.165) is 49.2 Å². The van der Waals surface area contributed by atoms with Crippen LogP contribution in [0.5, 0.6) is 0 Å². The van der Waals surface area contributed by atoms with E-state index in [-0.39, 0.29) is 37.1 Å². The maximum absolute atomic E-state index is 14.6. The molecule has 3 aliphatic heterocycles. The van der Waals surface area contributed by atoms with Crippen LogP contribution in [0.3, 0.4) is 0 Å². The van der Waals surface area contributed by atoms with E-state index in [1.807, 2.05) is 23.9 Å². The lowest BCUT2D eigenvalue weighted by Gasteiger charge is -2.33. The third-order valence-corrected chi connectivity index (χ3v) is 7.26. The highest BCUT2D eigenvalue weighted by Crippen LogP contribution is 2.38. The van der Waals surface area contributed by atoms with Crippen molar-refractivity contribution in [3.8, 4) is 6.07 Å². The van der Waals surface area contributed by atoms with Crippen LogP contribution >= 0.6 is 0 Å². The van der Waals surface area contributed by atoms with Crippen molar-refractivity contribution in [3.05, 3.63) is 58.2 Å². The third-order valence-electron chi connectivity index (χ3n) is 7.26. The zero-order valence-electron chi connectivity index (χ0n) is 19.0. The number of aromatic nitrogens is 1. The van der Waals surface area contributed by atoms with Gasteiger partial charge in [-0.3, -0.25) is 24.6 Å². The second kappa shape index (κ2) is 8.69. The molecule has 1 atom stereocenters. The van der Waals surface area contributed by atoms with Crippen LogP contribution in [0.25, 0.3) is 0 Å². The Hall–Kier alpha value is -3.51. The fourth-order valence-electron chi connectivity index (χ4n) is 5.51. The number of nitriles is 1. The number of rotatable bonds is 4.